The minimum absolute atomic E-state index is 0.642. The van der Waals surface area contributed by atoms with Crippen LogP contribution in [0.15, 0.2) is 24.5 Å². The fourth-order valence-electron chi connectivity index (χ4n) is 2.02. The summed E-state index contributed by atoms with van der Waals surface area (Å²) in [4.78, 5) is 4.16. The van der Waals surface area contributed by atoms with Gasteiger partial charge in [-0.1, -0.05) is 13.0 Å². The molecule has 2 heterocycles. The van der Waals surface area contributed by atoms with Crippen LogP contribution in [0.4, 0.5) is 0 Å². The molecule has 1 fully saturated rings. The lowest BCUT2D eigenvalue weighted by Crippen LogP contribution is -2.14. The van der Waals surface area contributed by atoms with E-state index >= 15 is 0 Å². The number of hydrogen-bond donors (Lipinski definition) is 1. The Balaban J connectivity index is 2.08. The third-order valence-corrected chi connectivity index (χ3v) is 3.02. The molecule has 2 nitrogen and oxygen atoms in total. The molecule has 1 aromatic rings. The molecule has 1 aliphatic heterocycles. The van der Waals surface area contributed by atoms with Crippen LogP contribution in [0, 0.1) is 5.92 Å². The number of rotatable bonds is 2. The molecule has 70 valence electrons. The topological polar surface area (TPSA) is 24.9 Å². The second-order valence-corrected chi connectivity index (χ2v) is 3.83. The first-order valence-electron chi connectivity index (χ1n) is 4.98. The van der Waals surface area contributed by atoms with Gasteiger partial charge in [-0.2, -0.15) is 0 Å². The van der Waals surface area contributed by atoms with Gasteiger partial charge in [0, 0.05) is 12.4 Å². The molecule has 0 saturated carbocycles. The summed E-state index contributed by atoms with van der Waals surface area (Å²) in [7, 11) is 0. The van der Waals surface area contributed by atoms with Crippen molar-refractivity contribution in [3.8, 4) is 0 Å². The molecule has 13 heavy (non-hydrogen) atoms. The smallest absolute Gasteiger partial charge is 0.0302 e. The van der Waals surface area contributed by atoms with Gasteiger partial charge in [-0.05, 0) is 43.0 Å². The molecule has 2 rings (SSSR count). The van der Waals surface area contributed by atoms with Crippen molar-refractivity contribution in [3.05, 3.63) is 30.1 Å². The minimum Gasteiger partial charge on any atom is -0.316 e. The molecule has 1 N–H and O–H groups in total. The van der Waals surface area contributed by atoms with Gasteiger partial charge in [0.2, 0.25) is 0 Å². The summed E-state index contributed by atoms with van der Waals surface area (Å²) in [6.45, 7) is 4.64. The largest absolute Gasteiger partial charge is 0.316 e. The third kappa shape index (κ3) is 1.89. The van der Waals surface area contributed by atoms with Gasteiger partial charge in [-0.3, -0.25) is 4.98 Å². The quantitative estimate of drug-likeness (QED) is 0.743. The van der Waals surface area contributed by atoms with Crippen LogP contribution in [-0.2, 0) is 0 Å². The summed E-state index contributed by atoms with van der Waals surface area (Å²) in [5, 5.41) is 3.40. The molecule has 1 aromatic heterocycles. The van der Waals surface area contributed by atoms with Crippen LogP contribution in [0.25, 0.3) is 0 Å². The molecule has 1 aliphatic rings. The molecule has 0 amide bonds. The molecule has 0 aromatic carbocycles. The SMILES string of the molecule is CC(c1cccnc1)C1CCNC1. The number of nitrogens with zero attached hydrogens (tertiary/aromatic N) is 1. The first kappa shape index (κ1) is 8.70. The zero-order chi connectivity index (χ0) is 9.10. The van der Waals surface area contributed by atoms with Crippen molar-refractivity contribution in [1.82, 2.24) is 10.3 Å². The number of hydrogen-bond acceptors (Lipinski definition) is 2. The highest BCUT2D eigenvalue weighted by atomic mass is 14.9. The van der Waals surface area contributed by atoms with Gasteiger partial charge < -0.3 is 5.32 Å². The highest BCUT2D eigenvalue weighted by molar-refractivity contribution is 5.15. The summed E-state index contributed by atoms with van der Waals surface area (Å²) in [6.07, 6.45) is 5.13. The van der Waals surface area contributed by atoms with Gasteiger partial charge in [0.05, 0.1) is 0 Å². The Morgan fingerprint density at radius 2 is 2.54 bits per heavy atom. The zero-order valence-electron chi connectivity index (χ0n) is 8.03. The molecule has 0 aliphatic carbocycles. The molecule has 2 atom stereocenters. The summed E-state index contributed by atoms with van der Waals surface area (Å²) in [5.41, 5.74) is 1.37. The Hall–Kier alpha value is -0.890. The van der Waals surface area contributed by atoms with E-state index in [1.54, 1.807) is 0 Å². The summed E-state index contributed by atoms with van der Waals surface area (Å²) in [5.74, 6) is 1.44. The van der Waals surface area contributed by atoms with Crippen molar-refractivity contribution in [3.63, 3.8) is 0 Å². The average Bonchev–Trinajstić information content (AvgIpc) is 2.71. The monoisotopic (exact) mass is 176 g/mol. The van der Waals surface area contributed by atoms with Crippen LogP contribution in [0.1, 0.15) is 24.8 Å². The van der Waals surface area contributed by atoms with Crippen molar-refractivity contribution < 1.29 is 0 Å². The molecule has 1 saturated heterocycles. The van der Waals surface area contributed by atoms with E-state index in [2.05, 4.69) is 23.3 Å². The number of aromatic nitrogens is 1. The van der Waals surface area contributed by atoms with Gasteiger partial charge in [-0.15, -0.1) is 0 Å². The first-order valence-corrected chi connectivity index (χ1v) is 4.98. The molecule has 0 bridgehead atoms. The van der Waals surface area contributed by atoms with E-state index in [9.17, 15) is 0 Å². The van der Waals surface area contributed by atoms with E-state index in [0.29, 0.717) is 5.92 Å². The minimum atomic E-state index is 0.642. The molecule has 0 radical (unpaired) electrons. The Kier molecular flexibility index (Phi) is 2.60. The second kappa shape index (κ2) is 3.88. The molecule has 0 spiro atoms. The van der Waals surface area contributed by atoms with Crippen LogP contribution in [0.3, 0.4) is 0 Å². The predicted octanol–water partition coefficient (Wildman–Crippen LogP) is 1.79. The van der Waals surface area contributed by atoms with Crippen LogP contribution in [-0.4, -0.2) is 18.1 Å². The number of pyridine rings is 1. The Bertz CT molecular complexity index is 252. The maximum absolute atomic E-state index is 4.16. The van der Waals surface area contributed by atoms with E-state index in [1.165, 1.54) is 18.5 Å². The van der Waals surface area contributed by atoms with E-state index in [1.807, 2.05) is 18.5 Å². The van der Waals surface area contributed by atoms with Crippen molar-refractivity contribution in [2.75, 3.05) is 13.1 Å². The summed E-state index contributed by atoms with van der Waals surface area (Å²) >= 11 is 0. The fraction of sp³-hybridized carbons (Fsp3) is 0.545. The maximum Gasteiger partial charge on any atom is 0.0302 e. The molecular formula is C11H16N2. The lowest BCUT2D eigenvalue weighted by Gasteiger charge is -2.17. The average molecular weight is 176 g/mol. The summed E-state index contributed by atoms with van der Waals surface area (Å²) in [6, 6.07) is 4.20. The van der Waals surface area contributed by atoms with Crippen molar-refractivity contribution >= 4 is 0 Å². The first-order chi connectivity index (χ1) is 6.38. The van der Waals surface area contributed by atoms with Gasteiger partial charge >= 0.3 is 0 Å². The van der Waals surface area contributed by atoms with E-state index in [-0.39, 0.29) is 0 Å². The highest BCUT2D eigenvalue weighted by Crippen LogP contribution is 2.27. The van der Waals surface area contributed by atoms with Gasteiger partial charge in [-0.25, -0.2) is 0 Å². The number of nitrogens with one attached hydrogen (secondary N) is 1. The standard InChI is InChI=1S/C11H16N2/c1-9(11-4-6-13-8-11)10-3-2-5-12-7-10/h2-3,5,7,9,11,13H,4,6,8H2,1H3. The normalized spacial score (nSPS) is 24.5. The molecule has 2 heteroatoms. The van der Waals surface area contributed by atoms with Crippen LogP contribution in [0.2, 0.25) is 0 Å². The van der Waals surface area contributed by atoms with Crippen LogP contribution >= 0.6 is 0 Å². The fourth-order valence-corrected chi connectivity index (χ4v) is 2.02. The van der Waals surface area contributed by atoms with E-state index in [0.717, 1.165) is 12.5 Å². The van der Waals surface area contributed by atoms with E-state index in [4.69, 9.17) is 0 Å². The highest BCUT2D eigenvalue weighted by Gasteiger charge is 2.22. The summed E-state index contributed by atoms with van der Waals surface area (Å²) < 4.78 is 0. The third-order valence-electron chi connectivity index (χ3n) is 3.02. The van der Waals surface area contributed by atoms with E-state index < -0.39 is 0 Å². The lowest BCUT2D eigenvalue weighted by molar-refractivity contribution is 0.486. The van der Waals surface area contributed by atoms with Gasteiger partial charge in [0.25, 0.3) is 0 Å². The van der Waals surface area contributed by atoms with Gasteiger partial charge in [0.1, 0.15) is 0 Å². The van der Waals surface area contributed by atoms with Crippen molar-refractivity contribution in [2.45, 2.75) is 19.3 Å². The molecular weight excluding hydrogens is 160 g/mol. The van der Waals surface area contributed by atoms with Crippen LogP contribution in [0.5, 0.6) is 0 Å². The van der Waals surface area contributed by atoms with Crippen molar-refractivity contribution in [1.29, 1.82) is 0 Å². The second-order valence-electron chi connectivity index (χ2n) is 3.83. The predicted molar refractivity (Wildman–Crippen MR) is 53.6 cm³/mol. The van der Waals surface area contributed by atoms with Crippen molar-refractivity contribution in [2.24, 2.45) is 5.92 Å². The zero-order valence-corrected chi connectivity index (χ0v) is 8.03. The van der Waals surface area contributed by atoms with Crippen LogP contribution < -0.4 is 5.32 Å². The molecule has 2 unspecified atom stereocenters. The maximum atomic E-state index is 4.16. The Labute approximate surface area is 79.4 Å². The lowest BCUT2D eigenvalue weighted by atomic mass is 9.88. The Morgan fingerprint density at radius 1 is 1.62 bits per heavy atom. The Morgan fingerprint density at radius 3 is 3.15 bits per heavy atom. The van der Waals surface area contributed by atoms with Gasteiger partial charge in [0.15, 0.2) is 0 Å².